The van der Waals surface area contributed by atoms with Crippen molar-refractivity contribution in [3.8, 4) is 0 Å². The average molecular weight is 244 g/mol. The Labute approximate surface area is 104 Å². The molecule has 0 bridgehead atoms. The molecule has 1 fully saturated rings. The number of halogens is 1. The van der Waals surface area contributed by atoms with Gasteiger partial charge in [-0.15, -0.1) is 12.4 Å². The molecule has 3 nitrogen and oxygen atoms in total. The summed E-state index contributed by atoms with van der Waals surface area (Å²) in [6, 6.07) is 5.42. The minimum Gasteiger partial charge on any atom is -0.364 e. The van der Waals surface area contributed by atoms with Gasteiger partial charge in [0.25, 0.3) is 0 Å². The van der Waals surface area contributed by atoms with Crippen LogP contribution in [0, 0.1) is 0 Å². The molecule has 1 aliphatic rings. The molecule has 2 atom stereocenters. The van der Waals surface area contributed by atoms with E-state index in [1.54, 1.807) is 0 Å². The molecule has 2 unspecified atom stereocenters. The van der Waals surface area contributed by atoms with Gasteiger partial charge in [0.05, 0.1) is 0 Å². The van der Waals surface area contributed by atoms with Gasteiger partial charge in [-0.3, -0.25) is 4.90 Å². The molecule has 0 radical (unpaired) electrons. The fraction of sp³-hybridized carbons (Fsp3) is 0.667. The summed E-state index contributed by atoms with van der Waals surface area (Å²) in [5.41, 5.74) is 1.33. The highest BCUT2D eigenvalue weighted by Crippen LogP contribution is 2.22. The van der Waals surface area contributed by atoms with Gasteiger partial charge in [-0.25, -0.2) is 0 Å². The maximum atomic E-state index is 3.38. The van der Waals surface area contributed by atoms with E-state index in [1.165, 1.54) is 25.1 Å². The van der Waals surface area contributed by atoms with Crippen LogP contribution >= 0.6 is 12.4 Å². The lowest BCUT2D eigenvalue weighted by atomic mass is 10.0. The Morgan fingerprint density at radius 2 is 2.38 bits per heavy atom. The zero-order valence-corrected chi connectivity index (χ0v) is 10.9. The first-order valence-electron chi connectivity index (χ1n) is 5.86. The molecule has 0 aliphatic carbocycles. The van der Waals surface area contributed by atoms with E-state index >= 15 is 0 Å². The summed E-state index contributed by atoms with van der Waals surface area (Å²) in [6.45, 7) is 4.67. The van der Waals surface area contributed by atoms with Crippen LogP contribution in [0.4, 0.5) is 0 Å². The minimum atomic E-state index is 0. The van der Waals surface area contributed by atoms with Crippen LogP contribution < -0.4 is 5.32 Å². The Morgan fingerprint density at radius 3 is 3.00 bits per heavy atom. The molecule has 1 saturated heterocycles. The van der Waals surface area contributed by atoms with E-state index in [4.69, 9.17) is 0 Å². The molecule has 0 saturated carbocycles. The van der Waals surface area contributed by atoms with Gasteiger partial charge in [0.15, 0.2) is 0 Å². The van der Waals surface area contributed by atoms with Gasteiger partial charge in [-0.2, -0.15) is 0 Å². The number of H-pyrrole nitrogens is 1. The van der Waals surface area contributed by atoms with Crippen molar-refractivity contribution in [3.63, 3.8) is 0 Å². The standard InChI is InChI=1S/C12H21N3.ClH/c1-10(12-6-3-7-14-12)15-8-4-5-11(9-15)13-2;/h3,6-7,10-11,13-14H,4-5,8-9H2,1-2H3;1H. The molecule has 0 amide bonds. The largest absolute Gasteiger partial charge is 0.364 e. The zero-order valence-electron chi connectivity index (χ0n) is 10.1. The van der Waals surface area contributed by atoms with E-state index < -0.39 is 0 Å². The fourth-order valence-electron chi connectivity index (χ4n) is 2.39. The normalized spacial score (nSPS) is 23.8. The number of aromatic amines is 1. The van der Waals surface area contributed by atoms with Crippen LogP contribution in [0.3, 0.4) is 0 Å². The Kier molecular flexibility index (Phi) is 5.32. The number of likely N-dealkylation sites (N-methyl/N-ethyl adjacent to an activating group) is 1. The van der Waals surface area contributed by atoms with E-state index in [2.05, 4.69) is 41.3 Å². The highest BCUT2D eigenvalue weighted by atomic mass is 35.5. The van der Waals surface area contributed by atoms with Crippen LogP contribution in [0.15, 0.2) is 18.3 Å². The SMILES string of the molecule is CNC1CCCN(C(C)c2ccc[nH]2)C1.Cl. The second kappa shape index (κ2) is 6.28. The van der Waals surface area contributed by atoms with Gasteiger partial charge in [-0.1, -0.05) is 0 Å². The van der Waals surface area contributed by atoms with Crippen LogP contribution in [0.2, 0.25) is 0 Å². The lowest BCUT2D eigenvalue weighted by molar-refractivity contribution is 0.147. The van der Waals surface area contributed by atoms with Gasteiger partial charge in [0.1, 0.15) is 0 Å². The highest BCUT2D eigenvalue weighted by molar-refractivity contribution is 5.85. The summed E-state index contributed by atoms with van der Waals surface area (Å²) in [7, 11) is 2.06. The summed E-state index contributed by atoms with van der Waals surface area (Å²) < 4.78 is 0. The Bertz CT molecular complexity index is 286. The van der Waals surface area contributed by atoms with Crippen LogP contribution in [-0.4, -0.2) is 36.1 Å². The van der Waals surface area contributed by atoms with E-state index in [0.29, 0.717) is 12.1 Å². The second-order valence-electron chi connectivity index (χ2n) is 4.42. The van der Waals surface area contributed by atoms with Gasteiger partial charge in [-0.05, 0) is 45.5 Å². The predicted octanol–water partition coefficient (Wildman–Crippen LogP) is 2.18. The zero-order chi connectivity index (χ0) is 10.7. The lowest BCUT2D eigenvalue weighted by Gasteiger charge is -2.36. The predicted molar refractivity (Wildman–Crippen MR) is 70.1 cm³/mol. The Morgan fingerprint density at radius 1 is 1.56 bits per heavy atom. The van der Waals surface area contributed by atoms with Crippen molar-refractivity contribution in [3.05, 3.63) is 24.0 Å². The van der Waals surface area contributed by atoms with Crippen LogP contribution in [-0.2, 0) is 0 Å². The number of hydrogen-bond acceptors (Lipinski definition) is 2. The van der Waals surface area contributed by atoms with E-state index in [-0.39, 0.29) is 12.4 Å². The second-order valence-corrected chi connectivity index (χ2v) is 4.42. The van der Waals surface area contributed by atoms with Crippen molar-refractivity contribution in [2.24, 2.45) is 0 Å². The molecule has 1 aliphatic heterocycles. The maximum Gasteiger partial charge on any atom is 0.0470 e. The van der Waals surface area contributed by atoms with Crippen LogP contribution in [0.5, 0.6) is 0 Å². The quantitative estimate of drug-likeness (QED) is 0.853. The van der Waals surface area contributed by atoms with Crippen LogP contribution in [0.1, 0.15) is 31.5 Å². The van der Waals surface area contributed by atoms with Gasteiger partial charge in [0.2, 0.25) is 0 Å². The number of hydrogen-bond donors (Lipinski definition) is 2. The number of aromatic nitrogens is 1. The molecular formula is C12H22ClN3. The van der Waals surface area contributed by atoms with E-state index in [1.807, 2.05) is 6.20 Å². The molecule has 0 spiro atoms. The third kappa shape index (κ3) is 3.00. The first-order chi connectivity index (χ1) is 7.31. The van der Waals surface area contributed by atoms with Gasteiger partial charge in [0, 0.05) is 30.5 Å². The van der Waals surface area contributed by atoms with Crippen molar-refractivity contribution in [2.45, 2.75) is 31.8 Å². The van der Waals surface area contributed by atoms with E-state index in [0.717, 1.165) is 6.54 Å². The number of rotatable bonds is 3. The maximum absolute atomic E-state index is 3.38. The molecule has 2 heterocycles. The van der Waals surface area contributed by atoms with Crippen molar-refractivity contribution >= 4 is 12.4 Å². The number of piperidine rings is 1. The molecular weight excluding hydrogens is 222 g/mol. The number of likely N-dealkylation sites (tertiary alicyclic amines) is 1. The van der Waals surface area contributed by atoms with Crippen LogP contribution in [0.25, 0.3) is 0 Å². The summed E-state index contributed by atoms with van der Waals surface area (Å²) >= 11 is 0. The van der Waals surface area contributed by atoms with E-state index in [9.17, 15) is 0 Å². The molecule has 0 aromatic carbocycles. The third-order valence-corrected chi connectivity index (χ3v) is 3.48. The first kappa shape index (κ1) is 13.6. The molecule has 2 rings (SSSR count). The highest BCUT2D eigenvalue weighted by Gasteiger charge is 2.23. The molecule has 2 N–H and O–H groups in total. The number of nitrogens with zero attached hydrogens (tertiary/aromatic N) is 1. The molecule has 1 aromatic rings. The number of nitrogens with one attached hydrogen (secondary N) is 2. The summed E-state index contributed by atoms with van der Waals surface area (Å²) in [5.74, 6) is 0. The summed E-state index contributed by atoms with van der Waals surface area (Å²) in [6.07, 6.45) is 4.62. The summed E-state index contributed by atoms with van der Waals surface area (Å²) in [5, 5.41) is 3.38. The molecule has 16 heavy (non-hydrogen) atoms. The van der Waals surface area contributed by atoms with Gasteiger partial charge < -0.3 is 10.3 Å². The molecule has 1 aromatic heterocycles. The fourth-order valence-corrected chi connectivity index (χ4v) is 2.39. The molecule has 4 heteroatoms. The van der Waals surface area contributed by atoms with Crippen molar-refractivity contribution in [1.29, 1.82) is 0 Å². The average Bonchev–Trinajstić information content (AvgIpc) is 2.81. The van der Waals surface area contributed by atoms with Crippen molar-refractivity contribution in [2.75, 3.05) is 20.1 Å². The third-order valence-electron chi connectivity index (χ3n) is 3.48. The Hall–Kier alpha value is -0.510. The smallest absolute Gasteiger partial charge is 0.0470 e. The minimum absolute atomic E-state index is 0. The monoisotopic (exact) mass is 243 g/mol. The Balaban J connectivity index is 0.00000128. The molecule has 92 valence electrons. The first-order valence-corrected chi connectivity index (χ1v) is 5.86. The topological polar surface area (TPSA) is 31.1 Å². The van der Waals surface area contributed by atoms with Gasteiger partial charge >= 0.3 is 0 Å². The van der Waals surface area contributed by atoms with Crippen molar-refractivity contribution < 1.29 is 0 Å². The van der Waals surface area contributed by atoms with Crippen molar-refractivity contribution in [1.82, 2.24) is 15.2 Å². The lowest BCUT2D eigenvalue weighted by Crippen LogP contribution is -2.45. The summed E-state index contributed by atoms with van der Waals surface area (Å²) in [4.78, 5) is 5.86.